The van der Waals surface area contributed by atoms with Crippen LogP contribution in [0, 0.1) is 3.57 Å². The Morgan fingerprint density at radius 3 is 1.86 bits per heavy atom. The maximum absolute atomic E-state index is 3.42. The molecule has 1 nitrogen and oxygen atoms in total. The van der Waals surface area contributed by atoms with Gasteiger partial charge in [0.25, 0.3) is 0 Å². The van der Waals surface area contributed by atoms with E-state index in [2.05, 4.69) is 97.2 Å². The van der Waals surface area contributed by atoms with E-state index in [-0.39, 0.29) is 11.5 Å². The summed E-state index contributed by atoms with van der Waals surface area (Å²) < 4.78 is 1.27. The second-order valence-electron chi connectivity index (χ2n) is 6.13. The van der Waals surface area contributed by atoms with Gasteiger partial charge < -0.3 is 5.32 Å². The zero-order valence-corrected chi connectivity index (χ0v) is 15.4. The lowest BCUT2D eigenvalue weighted by molar-refractivity contribution is 0.506. The molecule has 21 heavy (non-hydrogen) atoms. The topological polar surface area (TPSA) is 12.0 Å². The van der Waals surface area contributed by atoms with Gasteiger partial charge in [0.15, 0.2) is 0 Å². The first-order valence-corrected chi connectivity index (χ1v) is 8.59. The van der Waals surface area contributed by atoms with Gasteiger partial charge >= 0.3 is 0 Å². The minimum atomic E-state index is 0.247. The molecule has 0 bridgehead atoms. The van der Waals surface area contributed by atoms with Crippen molar-refractivity contribution in [2.75, 3.05) is 7.05 Å². The summed E-state index contributed by atoms with van der Waals surface area (Å²) in [5.74, 6) is 0. The summed E-state index contributed by atoms with van der Waals surface area (Å²) in [5, 5.41) is 3.42. The van der Waals surface area contributed by atoms with Gasteiger partial charge in [-0.25, -0.2) is 0 Å². The molecule has 0 radical (unpaired) electrons. The van der Waals surface area contributed by atoms with Gasteiger partial charge in [-0.05, 0) is 70.3 Å². The Hall–Kier alpha value is -0.870. The quantitative estimate of drug-likeness (QED) is 0.681. The van der Waals surface area contributed by atoms with Crippen LogP contribution in [0.2, 0.25) is 0 Å². The largest absolute Gasteiger partial charge is 0.309 e. The van der Waals surface area contributed by atoms with E-state index in [0.29, 0.717) is 0 Å². The van der Waals surface area contributed by atoms with Crippen molar-refractivity contribution in [1.29, 1.82) is 0 Å². The summed E-state index contributed by atoms with van der Waals surface area (Å²) in [6, 6.07) is 18.0. The van der Waals surface area contributed by atoms with Gasteiger partial charge in [0.2, 0.25) is 0 Å². The van der Waals surface area contributed by atoms with Crippen LogP contribution < -0.4 is 5.32 Å². The van der Waals surface area contributed by atoms with E-state index in [1.165, 1.54) is 20.3 Å². The molecule has 0 aliphatic rings. The van der Waals surface area contributed by atoms with Gasteiger partial charge in [-0.3, -0.25) is 0 Å². The van der Waals surface area contributed by atoms with E-state index in [0.717, 1.165) is 6.42 Å². The van der Waals surface area contributed by atoms with E-state index >= 15 is 0 Å². The van der Waals surface area contributed by atoms with Crippen LogP contribution in [0.4, 0.5) is 0 Å². The standard InChI is InChI=1S/C19H24IN/c1-5-19(2,3)16-10-6-14(7-11-16)18(21-4)15-8-12-17(20)13-9-15/h6-13,18,21H,5H2,1-4H3. The van der Waals surface area contributed by atoms with Crippen LogP contribution in [0.1, 0.15) is 49.9 Å². The summed E-state index contributed by atoms with van der Waals surface area (Å²) in [6.07, 6.45) is 1.15. The highest BCUT2D eigenvalue weighted by atomic mass is 127. The first-order valence-electron chi connectivity index (χ1n) is 7.51. The van der Waals surface area contributed by atoms with Crippen LogP contribution in [0.3, 0.4) is 0 Å². The first kappa shape index (κ1) is 16.5. The van der Waals surface area contributed by atoms with E-state index < -0.39 is 0 Å². The smallest absolute Gasteiger partial charge is 0.0574 e. The monoisotopic (exact) mass is 393 g/mol. The molecule has 2 aromatic rings. The fourth-order valence-electron chi connectivity index (χ4n) is 2.51. The molecule has 0 aliphatic heterocycles. The summed E-state index contributed by atoms with van der Waals surface area (Å²) >= 11 is 2.34. The second-order valence-corrected chi connectivity index (χ2v) is 7.38. The lowest BCUT2D eigenvalue weighted by Gasteiger charge is -2.24. The van der Waals surface area contributed by atoms with E-state index in [1.807, 2.05) is 7.05 Å². The fourth-order valence-corrected chi connectivity index (χ4v) is 2.87. The highest BCUT2D eigenvalue weighted by Crippen LogP contribution is 2.29. The van der Waals surface area contributed by atoms with Crippen molar-refractivity contribution < 1.29 is 0 Å². The summed E-state index contributed by atoms with van der Waals surface area (Å²) in [7, 11) is 2.02. The third-order valence-electron chi connectivity index (χ3n) is 4.40. The molecule has 0 aliphatic carbocycles. The van der Waals surface area contributed by atoms with Crippen LogP contribution in [0.15, 0.2) is 48.5 Å². The Morgan fingerprint density at radius 1 is 0.952 bits per heavy atom. The highest BCUT2D eigenvalue weighted by Gasteiger charge is 2.18. The van der Waals surface area contributed by atoms with Crippen molar-refractivity contribution in [3.63, 3.8) is 0 Å². The fraction of sp³-hybridized carbons (Fsp3) is 0.368. The molecular formula is C19H24IN. The Balaban J connectivity index is 2.29. The molecule has 2 aromatic carbocycles. The molecule has 0 saturated carbocycles. The first-order chi connectivity index (χ1) is 9.97. The lowest BCUT2D eigenvalue weighted by Crippen LogP contribution is -2.19. The van der Waals surface area contributed by atoms with Gasteiger partial charge in [-0.15, -0.1) is 0 Å². The maximum atomic E-state index is 3.42. The van der Waals surface area contributed by atoms with Crippen LogP contribution in [0.25, 0.3) is 0 Å². The summed E-state index contributed by atoms with van der Waals surface area (Å²) in [5.41, 5.74) is 4.28. The molecular weight excluding hydrogens is 369 g/mol. The van der Waals surface area contributed by atoms with Crippen molar-refractivity contribution in [3.8, 4) is 0 Å². The number of hydrogen-bond acceptors (Lipinski definition) is 1. The molecule has 2 rings (SSSR count). The van der Waals surface area contributed by atoms with Crippen molar-refractivity contribution in [3.05, 3.63) is 68.8 Å². The van der Waals surface area contributed by atoms with Crippen LogP contribution in [0.5, 0.6) is 0 Å². The molecule has 0 spiro atoms. The molecule has 0 amide bonds. The molecule has 0 saturated heterocycles. The zero-order chi connectivity index (χ0) is 15.5. The zero-order valence-electron chi connectivity index (χ0n) is 13.3. The number of benzene rings is 2. The molecule has 1 unspecified atom stereocenters. The minimum absolute atomic E-state index is 0.247. The lowest BCUT2D eigenvalue weighted by atomic mass is 9.81. The minimum Gasteiger partial charge on any atom is -0.309 e. The Labute approximate surface area is 142 Å². The Morgan fingerprint density at radius 2 is 1.43 bits per heavy atom. The van der Waals surface area contributed by atoms with Gasteiger partial charge in [0, 0.05) is 3.57 Å². The molecule has 0 fully saturated rings. The molecule has 0 heterocycles. The van der Waals surface area contributed by atoms with Gasteiger partial charge in [-0.1, -0.05) is 57.2 Å². The van der Waals surface area contributed by atoms with E-state index in [4.69, 9.17) is 0 Å². The second kappa shape index (κ2) is 6.93. The molecule has 112 valence electrons. The van der Waals surface area contributed by atoms with Crippen molar-refractivity contribution in [2.24, 2.45) is 0 Å². The van der Waals surface area contributed by atoms with Crippen molar-refractivity contribution >= 4 is 22.6 Å². The number of nitrogens with one attached hydrogen (secondary N) is 1. The Kier molecular flexibility index (Phi) is 5.44. The highest BCUT2D eigenvalue weighted by molar-refractivity contribution is 14.1. The van der Waals surface area contributed by atoms with E-state index in [9.17, 15) is 0 Å². The van der Waals surface area contributed by atoms with Gasteiger partial charge in [0.05, 0.1) is 6.04 Å². The summed E-state index contributed by atoms with van der Waals surface area (Å²) in [6.45, 7) is 6.85. The summed E-state index contributed by atoms with van der Waals surface area (Å²) in [4.78, 5) is 0. The van der Waals surface area contributed by atoms with Gasteiger partial charge in [-0.2, -0.15) is 0 Å². The normalized spacial score (nSPS) is 13.2. The number of rotatable bonds is 5. The van der Waals surface area contributed by atoms with Crippen molar-refractivity contribution in [1.82, 2.24) is 5.32 Å². The average Bonchev–Trinajstić information content (AvgIpc) is 2.50. The third-order valence-corrected chi connectivity index (χ3v) is 5.12. The molecule has 1 atom stereocenters. The predicted octanol–water partition coefficient (Wildman–Crippen LogP) is 5.29. The van der Waals surface area contributed by atoms with Gasteiger partial charge in [0.1, 0.15) is 0 Å². The molecule has 2 heteroatoms. The predicted molar refractivity (Wildman–Crippen MR) is 99.8 cm³/mol. The Bertz CT molecular complexity index is 570. The SMILES string of the molecule is CCC(C)(C)c1ccc(C(NC)c2ccc(I)cc2)cc1. The third kappa shape index (κ3) is 3.86. The average molecular weight is 393 g/mol. The van der Waals surface area contributed by atoms with Crippen LogP contribution in [-0.2, 0) is 5.41 Å². The van der Waals surface area contributed by atoms with Crippen LogP contribution in [-0.4, -0.2) is 7.05 Å². The molecule has 1 N–H and O–H groups in total. The van der Waals surface area contributed by atoms with E-state index in [1.54, 1.807) is 0 Å². The maximum Gasteiger partial charge on any atom is 0.0574 e. The van der Waals surface area contributed by atoms with Crippen LogP contribution >= 0.6 is 22.6 Å². The number of hydrogen-bond donors (Lipinski definition) is 1. The number of halogens is 1. The van der Waals surface area contributed by atoms with Crippen molar-refractivity contribution in [2.45, 2.75) is 38.6 Å². The molecule has 0 aromatic heterocycles.